The van der Waals surface area contributed by atoms with Crippen molar-refractivity contribution in [3.05, 3.63) is 53.6 Å². The summed E-state index contributed by atoms with van der Waals surface area (Å²) in [4.78, 5) is 17.2. The Balaban J connectivity index is 1.54. The number of carbonyl (C=O) groups excluding carboxylic acids is 1. The molecule has 4 rings (SSSR count). The summed E-state index contributed by atoms with van der Waals surface area (Å²) < 4.78 is 20.7. The van der Waals surface area contributed by atoms with Crippen LogP contribution in [-0.2, 0) is 11.3 Å². The molecule has 29 heavy (non-hydrogen) atoms. The zero-order valence-corrected chi connectivity index (χ0v) is 17.3. The number of carbonyl (C=O) groups is 1. The molecular weight excluding hydrogens is 371 g/mol. The number of aromatic nitrogens is 2. The molecule has 0 aliphatic carbocycles. The summed E-state index contributed by atoms with van der Waals surface area (Å²) >= 11 is 0. The number of piperazine rings is 1. The lowest BCUT2D eigenvalue weighted by atomic mass is 10.1. The van der Waals surface area contributed by atoms with E-state index in [0.717, 1.165) is 30.8 Å². The zero-order chi connectivity index (χ0) is 20.6. The third-order valence-electron chi connectivity index (χ3n) is 5.58. The van der Waals surface area contributed by atoms with Gasteiger partial charge in [-0.2, -0.15) is 5.10 Å². The summed E-state index contributed by atoms with van der Waals surface area (Å²) in [5.74, 6) is -0.245. The molecule has 1 aromatic carbocycles. The molecule has 7 heteroatoms. The second-order valence-corrected chi connectivity index (χ2v) is 9.00. The van der Waals surface area contributed by atoms with E-state index in [-0.39, 0.29) is 18.0 Å². The fourth-order valence-electron chi connectivity index (χ4n) is 4.21. The number of hydrogen-bond donors (Lipinski definition) is 0. The quantitative estimate of drug-likeness (QED) is 0.786. The molecule has 2 atom stereocenters. The van der Waals surface area contributed by atoms with Crippen LogP contribution >= 0.6 is 0 Å². The summed E-state index contributed by atoms with van der Waals surface area (Å²) in [6, 6.07) is 8.69. The summed E-state index contributed by atoms with van der Waals surface area (Å²) in [5, 5.41) is 4.74. The number of ether oxygens (including phenoxy) is 1. The first-order valence-electron chi connectivity index (χ1n) is 10.3. The van der Waals surface area contributed by atoms with Gasteiger partial charge in [0.2, 0.25) is 0 Å². The van der Waals surface area contributed by atoms with E-state index in [0.29, 0.717) is 19.1 Å². The van der Waals surface area contributed by atoms with Gasteiger partial charge >= 0.3 is 6.09 Å². The third-order valence-corrected chi connectivity index (χ3v) is 5.58. The highest BCUT2D eigenvalue weighted by atomic mass is 19.1. The topological polar surface area (TPSA) is 50.6 Å². The predicted molar refractivity (Wildman–Crippen MR) is 108 cm³/mol. The van der Waals surface area contributed by atoms with Crippen molar-refractivity contribution in [3.63, 3.8) is 0 Å². The number of rotatable bonds is 3. The van der Waals surface area contributed by atoms with Gasteiger partial charge in [-0.15, -0.1) is 0 Å². The molecule has 1 amide bonds. The standard InChI is InChI=1S/C22H29FN4O2/c1-22(2,3)29-21(28)27-14-18-5-4-11-25(18)15-20(27)19-10-12-26(24-19)13-16-6-8-17(23)9-7-16/h6-10,12,18,20H,4-5,11,13-15H2,1-3H3/t18-,20+/m1/s1. The van der Waals surface area contributed by atoms with E-state index < -0.39 is 5.60 Å². The van der Waals surface area contributed by atoms with E-state index >= 15 is 0 Å². The number of fused-ring (bicyclic) bond motifs is 1. The lowest BCUT2D eigenvalue weighted by Crippen LogP contribution is -2.54. The van der Waals surface area contributed by atoms with Crippen LogP contribution in [0.1, 0.15) is 50.9 Å². The van der Waals surface area contributed by atoms with Crippen LogP contribution in [0, 0.1) is 5.82 Å². The highest BCUT2D eigenvalue weighted by Crippen LogP contribution is 2.33. The van der Waals surface area contributed by atoms with Crippen molar-refractivity contribution in [2.24, 2.45) is 0 Å². The van der Waals surface area contributed by atoms with Crippen LogP contribution in [-0.4, -0.2) is 57.0 Å². The van der Waals surface area contributed by atoms with Gasteiger partial charge in [-0.25, -0.2) is 9.18 Å². The molecule has 1 aromatic heterocycles. The molecule has 6 nitrogen and oxygen atoms in total. The molecular formula is C22H29FN4O2. The van der Waals surface area contributed by atoms with E-state index in [4.69, 9.17) is 9.84 Å². The summed E-state index contributed by atoms with van der Waals surface area (Å²) in [5.41, 5.74) is 1.31. The first-order valence-corrected chi connectivity index (χ1v) is 10.3. The van der Waals surface area contributed by atoms with E-state index in [1.807, 2.05) is 42.6 Å². The Bertz CT molecular complexity index is 858. The first-order chi connectivity index (χ1) is 13.8. The average Bonchev–Trinajstić information content (AvgIpc) is 3.30. The molecule has 2 aliphatic heterocycles. The summed E-state index contributed by atoms with van der Waals surface area (Å²) in [7, 11) is 0. The van der Waals surface area contributed by atoms with Crippen molar-refractivity contribution >= 4 is 6.09 Å². The SMILES string of the molecule is CC(C)(C)OC(=O)N1C[C@H]2CCCN2C[C@H]1c1ccn(Cc2ccc(F)cc2)n1. The Morgan fingerprint density at radius 3 is 2.69 bits per heavy atom. The molecule has 3 heterocycles. The number of nitrogens with zero attached hydrogens (tertiary/aromatic N) is 4. The van der Waals surface area contributed by atoms with Gasteiger partial charge in [-0.1, -0.05) is 12.1 Å². The minimum atomic E-state index is -0.531. The number of benzene rings is 1. The minimum absolute atomic E-state index is 0.131. The maximum Gasteiger partial charge on any atom is 0.410 e. The van der Waals surface area contributed by atoms with Crippen LogP contribution < -0.4 is 0 Å². The fourth-order valence-corrected chi connectivity index (χ4v) is 4.21. The van der Waals surface area contributed by atoms with Crippen LogP contribution in [0.5, 0.6) is 0 Å². The Kier molecular flexibility index (Phi) is 5.34. The normalized spacial score (nSPS) is 22.6. The van der Waals surface area contributed by atoms with Gasteiger partial charge in [0, 0.05) is 25.3 Å². The largest absolute Gasteiger partial charge is 0.444 e. The van der Waals surface area contributed by atoms with Crippen molar-refractivity contribution < 1.29 is 13.9 Å². The van der Waals surface area contributed by atoms with Gasteiger partial charge < -0.3 is 4.74 Å². The Morgan fingerprint density at radius 2 is 1.97 bits per heavy atom. The lowest BCUT2D eigenvalue weighted by Gasteiger charge is -2.43. The molecule has 0 spiro atoms. The average molecular weight is 400 g/mol. The Labute approximate surface area is 171 Å². The van der Waals surface area contributed by atoms with E-state index in [9.17, 15) is 9.18 Å². The lowest BCUT2D eigenvalue weighted by molar-refractivity contribution is -0.0101. The van der Waals surface area contributed by atoms with Gasteiger partial charge in [0.05, 0.1) is 18.3 Å². The van der Waals surface area contributed by atoms with Gasteiger partial charge in [-0.05, 0) is 63.9 Å². The highest BCUT2D eigenvalue weighted by molar-refractivity contribution is 5.69. The van der Waals surface area contributed by atoms with Crippen LogP contribution in [0.3, 0.4) is 0 Å². The first kappa shape index (κ1) is 19.9. The van der Waals surface area contributed by atoms with Crippen molar-refractivity contribution in [1.29, 1.82) is 0 Å². The van der Waals surface area contributed by atoms with Crippen molar-refractivity contribution in [1.82, 2.24) is 19.6 Å². The Hall–Kier alpha value is -2.41. The van der Waals surface area contributed by atoms with Crippen LogP contribution in [0.15, 0.2) is 36.5 Å². The van der Waals surface area contributed by atoms with Gasteiger partial charge in [-0.3, -0.25) is 14.5 Å². The summed E-state index contributed by atoms with van der Waals surface area (Å²) in [6.07, 6.45) is 3.92. The van der Waals surface area contributed by atoms with E-state index in [1.54, 1.807) is 12.1 Å². The number of hydrogen-bond acceptors (Lipinski definition) is 4. The molecule has 0 N–H and O–H groups in total. The van der Waals surface area contributed by atoms with Gasteiger partial charge in [0.1, 0.15) is 11.4 Å². The fraction of sp³-hybridized carbons (Fsp3) is 0.545. The molecule has 2 saturated heterocycles. The van der Waals surface area contributed by atoms with Crippen LogP contribution in [0.4, 0.5) is 9.18 Å². The summed E-state index contributed by atoms with van der Waals surface area (Å²) in [6.45, 7) is 8.75. The van der Waals surface area contributed by atoms with Crippen molar-refractivity contribution in [2.75, 3.05) is 19.6 Å². The molecule has 2 aliphatic rings. The predicted octanol–water partition coefficient (Wildman–Crippen LogP) is 3.83. The second kappa shape index (κ2) is 7.78. The Morgan fingerprint density at radius 1 is 1.21 bits per heavy atom. The maximum atomic E-state index is 13.1. The third kappa shape index (κ3) is 4.61. The molecule has 156 valence electrons. The molecule has 2 fully saturated rings. The minimum Gasteiger partial charge on any atom is -0.444 e. The molecule has 0 bridgehead atoms. The van der Waals surface area contributed by atoms with Gasteiger partial charge in [0.15, 0.2) is 0 Å². The van der Waals surface area contributed by atoms with Crippen molar-refractivity contribution in [2.45, 2.75) is 57.8 Å². The zero-order valence-electron chi connectivity index (χ0n) is 17.3. The molecule has 2 aromatic rings. The van der Waals surface area contributed by atoms with Crippen LogP contribution in [0.25, 0.3) is 0 Å². The van der Waals surface area contributed by atoms with Crippen molar-refractivity contribution in [3.8, 4) is 0 Å². The highest BCUT2D eigenvalue weighted by Gasteiger charge is 2.41. The smallest absolute Gasteiger partial charge is 0.410 e. The monoisotopic (exact) mass is 400 g/mol. The molecule has 0 unspecified atom stereocenters. The van der Waals surface area contributed by atoms with Crippen LogP contribution in [0.2, 0.25) is 0 Å². The number of halogens is 1. The van der Waals surface area contributed by atoms with Gasteiger partial charge in [0.25, 0.3) is 0 Å². The second-order valence-electron chi connectivity index (χ2n) is 9.00. The molecule has 0 radical (unpaired) electrons. The maximum absolute atomic E-state index is 13.1. The van der Waals surface area contributed by atoms with E-state index in [1.165, 1.54) is 18.6 Å². The van der Waals surface area contributed by atoms with E-state index in [2.05, 4.69) is 4.90 Å². The molecule has 0 saturated carbocycles. The number of amides is 1.